The lowest BCUT2D eigenvalue weighted by atomic mass is 9.78. The van der Waals surface area contributed by atoms with E-state index in [2.05, 4.69) is 10.2 Å². The number of nitrogens with zero attached hydrogens (tertiary/aromatic N) is 1. The van der Waals surface area contributed by atoms with Gasteiger partial charge in [0, 0.05) is 19.6 Å². The summed E-state index contributed by atoms with van der Waals surface area (Å²) < 4.78 is 0. The van der Waals surface area contributed by atoms with E-state index in [-0.39, 0.29) is 10.8 Å². The van der Waals surface area contributed by atoms with Crippen LogP contribution in [-0.2, 0) is 4.79 Å². The average Bonchev–Trinajstić information content (AvgIpc) is 2.49. The van der Waals surface area contributed by atoms with Crippen LogP contribution in [0.4, 0.5) is 0 Å². The highest BCUT2D eigenvalue weighted by Crippen LogP contribution is 2.37. The molecule has 3 rings (SSSR count). The second-order valence-corrected chi connectivity index (χ2v) is 7.62. The van der Waals surface area contributed by atoms with E-state index in [4.69, 9.17) is 0 Å². The van der Waals surface area contributed by atoms with Crippen LogP contribution in [0.3, 0.4) is 0 Å². The molecule has 3 fully saturated rings. The Kier molecular flexibility index (Phi) is 4.37. The molecule has 0 aromatic carbocycles. The Labute approximate surface area is 120 Å². The van der Waals surface area contributed by atoms with Gasteiger partial charge in [-0.05, 0) is 31.4 Å². The lowest BCUT2D eigenvalue weighted by Gasteiger charge is -2.51. The number of thioether (sulfide) groups is 1. The van der Waals surface area contributed by atoms with Crippen molar-refractivity contribution in [2.45, 2.75) is 62.2 Å². The zero-order valence-corrected chi connectivity index (χ0v) is 12.6. The number of carbonyl (C=O) groups excluding carboxylic acids is 1. The second kappa shape index (κ2) is 6.04. The van der Waals surface area contributed by atoms with Crippen molar-refractivity contribution >= 4 is 17.7 Å². The SMILES string of the molecule is O=C(C1CCCCS1)N1CCNCC12CCCCC2. The molecule has 1 spiro atoms. The maximum atomic E-state index is 12.9. The molecule has 108 valence electrons. The lowest BCUT2D eigenvalue weighted by molar-refractivity contribution is -0.140. The second-order valence-electron chi connectivity index (χ2n) is 6.31. The first-order valence-electron chi connectivity index (χ1n) is 7.96. The molecule has 1 N–H and O–H groups in total. The molecule has 0 radical (unpaired) electrons. The molecule has 2 saturated heterocycles. The van der Waals surface area contributed by atoms with Gasteiger partial charge >= 0.3 is 0 Å². The van der Waals surface area contributed by atoms with Crippen LogP contribution in [0.25, 0.3) is 0 Å². The van der Waals surface area contributed by atoms with Crippen molar-refractivity contribution in [3.8, 4) is 0 Å². The van der Waals surface area contributed by atoms with Crippen LogP contribution >= 0.6 is 11.8 Å². The molecule has 3 aliphatic rings. The third kappa shape index (κ3) is 2.80. The van der Waals surface area contributed by atoms with Crippen molar-refractivity contribution in [2.75, 3.05) is 25.4 Å². The molecule has 3 nitrogen and oxygen atoms in total. The third-order valence-corrected chi connectivity index (χ3v) is 6.41. The number of rotatable bonds is 1. The molecule has 4 heteroatoms. The Morgan fingerprint density at radius 3 is 2.74 bits per heavy atom. The molecule has 1 unspecified atom stereocenters. The lowest BCUT2D eigenvalue weighted by Crippen LogP contribution is -2.65. The first-order chi connectivity index (χ1) is 9.32. The van der Waals surface area contributed by atoms with Gasteiger partial charge in [0.2, 0.25) is 5.91 Å². The molecule has 0 aromatic heterocycles. The minimum Gasteiger partial charge on any atom is -0.334 e. The van der Waals surface area contributed by atoms with E-state index >= 15 is 0 Å². The van der Waals surface area contributed by atoms with E-state index in [0.717, 1.165) is 26.1 Å². The van der Waals surface area contributed by atoms with Crippen molar-refractivity contribution in [3.63, 3.8) is 0 Å². The van der Waals surface area contributed by atoms with E-state index in [1.807, 2.05) is 11.8 Å². The molecule has 2 aliphatic heterocycles. The minimum absolute atomic E-state index is 0.158. The number of nitrogens with one attached hydrogen (secondary N) is 1. The highest BCUT2D eigenvalue weighted by atomic mass is 32.2. The quantitative estimate of drug-likeness (QED) is 0.801. The highest BCUT2D eigenvalue weighted by Gasteiger charge is 2.43. The maximum absolute atomic E-state index is 12.9. The number of hydrogen-bond acceptors (Lipinski definition) is 3. The molecule has 1 amide bonds. The summed E-state index contributed by atoms with van der Waals surface area (Å²) in [4.78, 5) is 15.2. The van der Waals surface area contributed by atoms with Crippen molar-refractivity contribution in [3.05, 3.63) is 0 Å². The van der Waals surface area contributed by atoms with Crippen LogP contribution in [0.2, 0.25) is 0 Å². The number of piperazine rings is 1. The van der Waals surface area contributed by atoms with Gasteiger partial charge in [0.05, 0.1) is 10.8 Å². The number of carbonyl (C=O) groups is 1. The summed E-state index contributed by atoms with van der Waals surface area (Å²) in [5.41, 5.74) is 0.158. The van der Waals surface area contributed by atoms with Gasteiger partial charge in [-0.3, -0.25) is 4.79 Å². The van der Waals surface area contributed by atoms with E-state index in [1.54, 1.807) is 0 Å². The first-order valence-corrected chi connectivity index (χ1v) is 9.01. The standard InChI is InChI=1S/C15H26N2OS/c18-14(13-6-2-5-11-19-13)17-10-9-16-12-15(17)7-3-1-4-8-15/h13,16H,1-12H2. The monoisotopic (exact) mass is 282 g/mol. The smallest absolute Gasteiger partial charge is 0.236 e. The Hall–Kier alpha value is -0.220. The van der Waals surface area contributed by atoms with Crippen molar-refractivity contribution in [1.82, 2.24) is 10.2 Å². The summed E-state index contributed by atoms with van der Waals surface area (Å²) in [5.74, 6) is 1.63. The fourth-order valence-electron chi connectivity index (χ4n) is 3.95. The summed E-state index contributed by atoms with van der Waals surface area (Å²) in [6, 6.07) is 0. The summed E-state index contributed by atoms with van der Waals surface area (Å²) in [6.45, 7) is 2.93. The predicted molar refractivity (Wildman–Crippen MR) is 80.5 cm³/mol. The van der Waals surface area contributed by atoms with Crippen molar-refractivity contribution < 1.29 is 4.79 Å². The average molecular weight is 282 g/mol. The zero-order valence-electron chi connectivity index (χ0n) is 11.8. The van der Waals surface area contributed by atoms with Crippen LogP contribution in [0.15, 0.2) is 0 Å². The van der Waals surface area contributed by atoms with Gasteiger partial charge in [0.25, 0.3) is 0 Å². The molecule has 1 saturated carbocycles. The third-order valence-electron chi connectivity index (χ3n) is 5.04. The van der Waals surface area contributed by atoms with Crippen LogP contribution in [-0.4, -0.2) is 47.0 Å². The molecule has 1 aliphatic carbocycles. The molecule has 0 bridgehead atoms. The van der Waals surface area contributed by atoms with Gasteiger partial charge in [-0.1, -0.05) is 25.7 Å². The van der Waals surface area contributed by atoms with Crippen LogP contribution in [0.1, 0.15) is 51.4 Å². The minimum atomic E-state index is 0.158. The van der Waals surface area contributed by atoms with Crippen LogP contribution < -0.4 is 5.32 Å². The summed E-state index contributed by atoms with van der Waals surface area (Å²) in [5, 5.41) is 3.79. The van der Waals surface area contributed by atoms with Gasteiger partial charge < -0.3 is 10.2 Å². The molecule has 1 atom stereocenters. The van der Waals surface area contributed by atoms with Crippen LogP contribution in [0, 0.1) is 0 Å². The van der Waals surface area contributed by atoms with E-state index in [1.165, 1.54) is 50.7 Å². The first kappa shape index (κ1) is 13.7. The maximum Gasteiger partial charge on any atom is 0.236 e. The Balaban J connectivity index is 1.73. The Bertz CT molecular complexity index is 314. The fourth-order valence-corrected chi connectivity index (χ4v) is 5.21. The van der Waals surface area contributed by atoms with E-state index < -0.39 is 0 Å². The summed E-state index contributed by atoms with van der Waals surface area (Å²) in [6.07, 6.45) is 9.99. The molecule has 19 heavy (non-hydrogen) atoms. The van der Waals surface area contributed by atoms with Crippen LogP contribution in [0.5, 0.6) is 0 Å². The molecule has 0 aromatic rings. The van der Waals surface area contributed by atoms with Gasteiger partial charge in [-0.25, -0.2) is 0 Å². The van der Waals surface area contributed by atoms with Gasteiger partial charge in [0.1, 0.15) is 0 Å². The topological polar surface area (TPSA) is 32.3 Å². The van der Waals surface area contributed by atoms with Gasteiger partial charge in [0.15, 0.2) is 0 Å². The molecule has 2 heterocycles. The summed E-state index contributed by atoms with van der Waals surface area (Å²) in [7, 11) is 0. The Morgan fingerprint density at radius 1 is 1.16 bits per heavy atom. The summed E-state index contributed by atoms with van der Waals surface area (Å²) >= 11 is 1.90. The van der Waals surface area contributed by atoms with Gasteiger partial charge in [-0.2, -0.15) is 0 Å². The predicted octanol–water partition coefficient (Wildman–Crippen LogP) is 2.41. The van der Waals surface area contributed by atoms with Crippen molar-refractivity contribution in [1.29, 1.82) is 0 Å². The largest absolute Gasteiger partial charge is 0.334 e. The molecular formula is C15H26N2OS. The fraction of sp³-hybridized carbons (Fsp3) is 0.933. The Morgan fingerprint density at radius 2 is 2.00 bits per heavy atom. The van der Waals surface area contributed by atoms with Gasteiger partial charge in [-0.15, -0.1) is 11.8 Å². The zero-order chi connectivity index (χ0) is 13.1. The normalized spacial score (nSPS) is 31.4. The van der Waals surface area contributed by atoms with E-state index in [9.17, 15) is 4.79 Å². The van der Waals surface area contributed by atoms with E-state index in [0.29, 0.717) is 5.91 Å². The number of hydrogen-bond donors (Lipinski definition) is 1. The highest BCUT2D eigenvalue weighted by molar-refractivity contribution is 8.00. The number of amides is 1. The van der Waals surface area contributed by atoms with Crippen molar-refractivity contribution in [2.24, 2.45) is 0 Å². The molecular weight excluding hydrogens is 256 g/mol.